The third-order valence-electron chi connectivity index (χ3n) is 5.14. The molecular weight excluding hydrogens is 412 g/mol. The number of Topliss-reactive ketones (excluding diaryl/α,β-unsaturated/α-hetero) is 2. The second-order valence-electron chi connectivity index (χ2n) is 7.51. The van der Waals surface area contributed by atoms with Crippen molar-refractivity contribution in [2.24, 2.45) is 0 Å². The molecule has 0 unspecified atom stereocenters. The fourth-order valence-electron chi connectivity index (χ4n) is 3.69. The van der Waals surface area contributed by atoms with Gasteiger partial charge in [0.2, 0.25) is 0 Å². The van der Waals surface area contributed by atoms with Crippen LogP contribution in [0.3, 0.4) is 0 Å². The van der Waals surface area contributed by atoms with Crippen molar-refractivity contribution in [3.05, 3.63) is 83.9 Å². The predicted octanol–water partition coefficient (Wildman–Crippen LogP) is 4.97. The van der Waals surface area contributed by atoms with Crippen LogP contribution in [0.2, 0.25) is 0 Å². The maximum atomic E-state index is 12.9. The lowest BCUT2D eigenvalue weighted by Gasteiger charge is -2.30. The zero-order valence-electron chi connectivity index (χ0n) is 16.6. The molecule has 6 N–H and O–H groups in total. The van der Waals surface area contributed by atoms with Gasteiger partial charge >= 0.3 is 0 Å². The van der Waals surface area contributed by atoms with E-state index in [1.54, 1.807) is 60.7 Å². The summed E-state index contributed by atoms with van der Waals surface area (Å²) in [6, 6.07) is 20.8. The number of nitrogen functional groups attached to an aromatic ring is 2. The fraction of sp³-hybridized carbons (Fsp3) is 0.0833. The van der Waals surface area contributed by atoms with E-state index in [2.05, 4.69) is 0 Å². The SMILES string of the molecule is Nc1ccc2cccc(C(=O)CS(O)(O)CC(=O)c3cccc4ccc(N)cc34)c2c1. The molecule has 158 valence electrons. The smallest absolute Gasteiger partial charge is 0.182 e. The van der Waals surface area contributed by atoms with E-state index < -0.39 is 33.7 Å². The first-order valence-electron chi connectivity index (χ1n) is 9.60. The Morgan fingerprint density at radius 2 is 1.10 bits per heavy atom. The maximum Gasteiger partial charge on any atom is 0.182 e. The molecule has 0 bridgehead atoms. The van der Waals surface area contributed by atoms with Crippen LogP contribution in [0.5, 0.6) is 0 Å². The van der Waals surface area contributed by atoms with E-state index >= 15 is 0 Å². The van der Waals surface area contributed by atoms with Gasteiger partial charge in [-0.2, -0.15) is 10.6 Å². The van der Waals surface area contributed by atoms with Gasteiger partial charge in [-0.05, 0) is 45.8 Å². The summed E-state index contributed by atoms with van der Waals surface area (Å²) >= 11 is 0. The summed E-state index contributed by atoms with van der Waals surface area (Å²) in [5, 5.41) is 2.92. The number of anilines is 2. The third-order valence-corrected chi connectivity index (χ3v) is 6.59. The van der Waals surface area contributed by atoms with Crippen LogP contribution in [-0.2, 0) is 0 Å². The Morgan fingerprint density at radius 1 is 0.677 bits per heavy atom. The van der Waals surface area contributed by atoms with Crippen LogP contribution in [0.4, 0.5) is 11.4 Å². The first kappa shape index (κ1) is 20.9. The van der Waals surface area contributed by atoms with Crippen LogP contribution in [0.25, 0.3) is 21.5 Å². The number of ketones is 2. The van der Waals surface area contributed by atoms with E-state index in [1.807, 2.05) is 12.1 Å². The van der Waals surface area contributed by atoms with Gasteiger partial charge in [0.05, 0.1) is 0 Å². The molecule has 4 aromatic rings. The van der Waals surface area contributed by atoms with Crippen molar-refractivity contribution in [2.75, 3.05) is 23.0 Å². The minimum absolute atomic E-state index is 0.343. The average Bonchev–Trinajstić information content (AvgIpc) is 2.71. The van der Waals surface area contributed by atoms with Crippen molar-refractivity contribution in [2.45, 2.75) is 0 Å². The van der Waals surface area contributed by atoms with Gasteiger partial charge in [0.15, 0.2) is 11.6 Å². The van der Waals surface area contributed by atoms with Crippen LogP contribution >= 0.6 is 10.6 Å². The van der Waals surface area contributed by atoms with Gasteiger partial charge in [-0.3, -0.25) is 18.7 Å². The normalized spacial score (nSPS) is 12.2. The molecule has 4 aromatic carbocycles. The lowest BCUT2D eigenvalue weighted by molar-refractivity contribution is 0.102. The molecule has 0 spiro atoms. The van der Waals surface area contributed by atoms with Crippen molar-refractivity contribution in [1.82, 2.24) is 0 Å². The van der Waals surface area contributed by atoms with Crippen LogP contribution in [0.1, 0.15) is 20.7 Å². The van der Waals surface area contributed by atoms with Gasteiger partial charge in [0.25, 0.3) is 0 Å². The Hall–Kier alpha value is -3.39. The standard InChI is InChI=1S/C24H22N2O4S/c25-17-9-7-15-3-1-5-19(21(15)11-17)23(27)13-31(29,30)14-24(28)20-6-2-4-16-8-10-18(26)12-22(16)20/h1-12,29-30H,13-14,25-26H2. The Labute approximate surface area is 180 Å². The maximum absolute atomic E-state index is 12.9. The number of rotatable bonds is 6. The van der Waals surface area contributed by atoms with Gasteiger partial charge in [-0.25, -0.2) is 0 Å². The molecule has 0 aliphatic heterocycles. The average molecular weight is 435 g/mol. The molecule has 0 amide bonds. The van der Waals surface area contributed by atoms with Gasteiger partial charge in [-0.1, -0.05) is 48.5 Å². The first-order chi connectivity index (χ1) is 14.7. The lowest BCUT2D eigenvalue weighted by Crippen LogP contribution is -2.21. The molecule has 0 aliphatic carbocycles. The van der Waals surface area contributed by atoms with Crippen molar-refractivity contribution in [3.63, 3.8) is 0 Å². The summed E-state index contributed by atoms with van der Waals surface area (Å²) in [5.74, 6) is -1.99. The summed E-state index contributed by atoms with van der Waals surface area (Å²) in [6.45, 7) is 0. The zero-order chi connectivity index (χ0) is 22.2. The molecule has 6 nitrogen and oxygen atoms in total. The molecule has 0 saturated carbocycles. The molecule has 0 aliphatic rings. The molecule has 31 heavy (non-hydrogen) atoms. The van der Waals surface area contributed by atoms with E-state index in [-0.39, 0.29) is 0 Å². The highest BCUT2D eigenvalue weighted by Gasteiger charge is 2.25. The first-order valence-corrected chi connectivity index (χ1v) is 11.5. The molecular formula is C24H22N2O4S. The fourth-order valence-corrected chi connectivity index (χ4v) is 4.95. The molecule has 0 radical (unpaired) electrons. The predicted molar refractivity (Wildman–Crippen MR) is 128 cm³/mol. The van der Waals surface area contributed by atoms with Crippen LogP contribution in [-0.4, -0.2) is 32.2 Å². The molecule has 0 fully saturated rings. The van der Waals surface area contributed by atoms with Gasteiger partial charge in [-0.15, -0.1) is 0 Å². The largest absolute Gasteiger partial charge is 0.399 e. The van der Waals surface area contributed by atoms with E-state index in [0.717, 1.165) is 10.8 Å². The number of nitrogens with two attached hydrogens (primary N) is 2. The number of hydrogen-bond donors (Lipinski definition) is 4. The molecule has 0 saturated heterocycles. The number of benzene rings is 4. The summed E-state index contributed by atoms with van der Waals surface area (Å²) in [5.41, 5.74) is 13.4. The lowest BCUT2D eigenvalue weighted by atomic mass is 10.0. The quantitative estimate of drug-likeness (QED) is 0.251. The molecule has 4 rings (SSSR count). The summed E-state index contributed by atoms with van der Waals surface area (Å²) < 4.78 is 21.2. The van der Waals surface area contributed by atoms with E-state index in [9.17, 15) is 18.7 Å². The number of carbonyl (C=O) groups is 2. The van der Waals surface area contributed by atoms with Crippen LogP contribution < -0.4 is 11.5 Å². The Kier molecular flexibility index (Phi) is 5.41. The van der Waals surface area contributed by atoms with Crippen molar-refractivity contribution in [1.29, 1.82) is 0 Å². The van der Waals surface area contributed by atoms with Gasteiger partial charge in [0, 0.05) is 22.5 Å². The highest BCUT2D eigenvalue weighted by molar-refractivity contribution is 8.25. The molecule has 0 aromatic heterocycles. The van der Waals surface area contributed by atoms with Gasteiger partial charge < -0.3 is 11.5 Å². The van der Waals surface area contributed by atoms with Crippen molar-refractivity contribution >= 4 is 55.1 Å². The summed E-state index contributed by atoms with van der Waals surface area (Å²) in [6.07, 6.45) is 0. The third kappa shape index (κ3) is 4.39. The number of fused-ring (bicyclic) bond motifs is 2. The summed E-state index contributed by atoms with van der Waals surface area (Å²) in [7, 11) is -3.50. The van der Waals surface area contributed by atoms with Crippen LogP contribution in [0.15, 0.2) is 72.8 Å². The minimum Gasteiger partial charge on any atom is -0.399 e. The molecule has 0 atom stereocenters. The topological polar surface area (TPSA) is 127 Å². The van der Waals surface area contributed by atoms with Crippen LogP contribution in [0, 0.1) is 0 Å². The number of carbonyl (C=O) groups excluding carboxylic acids is 2. The second-order valence-corrected chi connectivity index (χ2v) is 9.69. The number of hydrogen-bond acceptors (Lipinski definition) is 6. The minimum atomic E-state index is -3.50. The highest BCUT2D eigenvalue weighted by atomic mass is 32.3. The van der Waals surface area contributed by atoms with Gasteiger partial charge in [0.1, 0.15) is 11.5 Å². The van der Waals surface area contributed by atoms with E-state index in [0.29, 0.717) is 33.3 Å². The van der Waals surface area contributed by atoms with E-state index in [4.69, 9.17) is 11.5 Å². The monoisotopic (exact) mass is 434 g/mol. The Morgan fingerprint density at radius 3 is 1.52 bits per heavy atom. The highest BCUT2D eigenvalue weighted by Crippen LogP contribution is 2.40. The van der Waals surface area contributed by atoms with Crippen molar-refractivity contribution in [3.8, 4) is 0 Å². The Bertz CT molecular complexity index is 1230. The second kappa shape index (κ2) is 8.03. The van der Waals surface area contributed by atoms with Crippen molar-refractivity contribution < 1.29 is 18.7 Å². The zero-order valence-corrected chi connectivity index (χ0v) is 17.4. The molecule has 7 heteroatoms. The molecule has 0 heterocycles. The Balaban J connectivity index is 1.59. The summed E-state index contributed by atoms with van der Waals surface area (Å²) in [4.78, 5) is 25.8. The van der Waals surface area contributed by atoms with E-state index in [1.165, 1.54) is 0 Å².